The SMILES string of the molecule is COc1cc(CNCc2cc(Br)ccc2Cl)ccn1. The summed E-state index contributed by atoms with van der Waals surface area (Å²) in [4.78, 5) is 4.07. The van der Waals surface area contributed by atoms with Crippen molar-refractivity contribution in [1.82, 2.24) is 10.3 Å². The van der Waals surface area contributed by atoms with Gasteiger partial charge in [0, 0.05) is 34.8 Å². The van der Waals surface area contributed by atoms with Gasteiger partial charge in [-0.15, -0.1) is 0 Å². The van der Waals surface area contributed by atoms with Gasteiger partial charge in [0.05, 0.1) is 7.11 Å². The summed E-state index contributed by atoms with van der Waals surface area (Å²) in [6.45, 7) is 1.45. The smallest absolute Gasteiger partial charge is 0.213 e. The average Bonchev–Trinajstić information content (AvgIpc) is 2.43. The molecule has 0 saturated carbocycles. The molecule has 1 heterocycles. The van der Waals surface area contributed by atoms with Crippen LogP contribution in [0.3, 0.4) is 0 Å². The fraction of sp³-hybridized carbons (Fsp3) is 0.214. The summed E-state index contributed by atoms with van der Waals surface area (Å²) in [5, 5.41) is 4.12. The number of halogens is 2. The van der Waals surface area contributed by atoms with Gasteiger partial charge in [-0.25, -0.2) is 4.98 Å². The van der Waals surface area contributed by atoms with Crippen LogP contribution in [0.25, 0.3) is 0 Å². The van der Waals surface area contributed by atoms with Gasteiger partial charge >= 0.3 is 0 Å². The lowest BCUT2D eigenvalue weighted by atomic mass is 10.2. The van der Waals surface area contributed by atoms with Gasteiger partial charge < -0.3 is 10.1 Å². The number of benzene rings is 1. The topological polar surface area (TPSA) is 34.1 Å². The molecule has 0 saturated heterocycles. The van der Waals surface area contributed by atoms with Crippen LogP contribution in [0.4, 0.5) is 0 Å². The van der Waals surface area contributed by atoms with Crippen molar-refractivity contribution in [3.05, 3.63) is 57.2 Å². The molecule has 1 aromatic carbocycles. The number of hydrogen-bond donors (Lipinski definition) is 1. The van der Waals surface area contributed by atoms with E-state index in [-0.39, 0.29) is 0 Å². The van der Waals surface area contributed by atoms with Crippen LogP contribution < -0.4 is 10.1 Å². The molecule has 19 heavy (non-hydrogen) atoms. The Hall–Kier alpha value is -1.10. The zero-order valence-corrected chi connectivity index (χ0v) is 12.8. The van der Waals surface area contributed by atoms with Crippen molar-refractivity contribution < 1.29 is 4.74 Å². The van der Waals surface area contributed by atoms with Crippen LogP contribution in [0.15, 0.2) is 41.0 Å². The molecule has 100 valence electrons. The first kappa shape index (κ1) is 14.3. The first-order chi connectivity index (χ1) is 9.19. The Morgan fingerprint density at radius 3 is 2.89 bits per heavy atom. The Bertz CT molecular complexity index is 563. The zero-order valence-electron chi connectivity index (χ0n) is 10.5. The highest BCUT2D eigenvalue weighted by molar-refractivity contribution is 9.10. The molecule has 0 aliphatic carbocycles. The molecule has 2 rings (SSSR count). The fourth-order valence-electron chi connectivity index (χ4n) is 1.69. The Labute approximate surface area is 126 Å². The maximum atomic E-state index is 6.13. The maximum absolute atomic E-state index is 6.13. The summed E-state index contributed by atoms with van der Waals surface area (Å²) < 4.78 is 6.12. The molecule has 0 bridgehead atoms. The molecule has 0 aliphatic heterocycles. The third-order valence-electron chi connectivity index (χ3n) is 2.66. The van der Waals surface area contributed by atoms with Gasteiger partial charge in [0.2, 0.25) is 5.88 Å². The molecule has 0 spiro atoms. The van der Waals surface area contributed by atoms with Crippen molar-refractivity contribution in [3.8, 4) is 5.88 Å². The van der Waals surface area contributed by atoms with Crippen LogP contribution in [-0.2, 0) is 13.1 Å². The third kappa shape index (κ3) is 4.20. The minimum absolute atomic E-state index is 0.625. The number of nitrogens with zero attached hydrogens (tertiary/aromatic N) is 1. The van der Waals surface area contributed by atoms with E-state index in [2.05, 4.69) is 26.2 Å². The predicted octanol–water partition coefficient (Wildman–Crippen LogP) is 3.80. The second-order valence-electron chi connectivity index (χ2n) is 4.05. The fourth-order valence-corrected chi connectivity index (χ4v) is 2.29. The summed E-state index contributed by atoms with van der Waals surface area (Å²) in [6, 6.07) is 9.70. The van der Waals surface area contributed by atoms with Gasteiger partial charge in [-0.1, -0.05) is 27.5 Å². The molecule has 2 aromatic rings. The van der Waals surface area contributed by atoms with Gasteiger partial charge in [-0.3, -0.25) is 0 Å². The number of hydrogen-bond acceptors (Lipinski definition) is 3. The number of pyridine rings is 1. The van der Waals surface area contributed by atoms with Gasteiger partial charge in [0.25, 0.3) is 0 Å². The van der Waals surface area contributed by atoms with Crippen molar-refractivity contribution >= 4 is 27.5 Å². The van der Waals surface area contributed by atoms with Gasteiger partial charge in [0.15, 0.2) is 0 Å². The van der Waals surface area contributed by atoms with Crippen molar-refractivity contribution in [3.63, 3.8) is 0 Å². The molecule has 0 fully saturated rings. The van der Waals surface area contributed by atoms with Crippen LogP contribution in [0.1, 0.15) is 11.1 Å². The quantitative estimate of drug-likeness (QED) is 0.898. The maximum Gasteiger partial charge on any atom is 0.213 e. The molecule has 5 heteroatoms. The standard InChI is InChI=1S/C14H14BrClN2O/c1-19-14-6-10(4-5-18-14)8-17-9-11-7-12(15)2-3-13(11)16/h2-7,17H,8-9H2,1H3. The highest BCUT2D eigenvalue weighted by Gasteiger charge is 2.02. The lowest BCUT2D eigenvalue weighted by Gasteiger charge is -2.08. The van der Waals surface area contributed by atoms with Gasteiger partial charge in [-0.2, -0.15) is 0 Å². The first-order valence-electron chi connectivity index (χ1n) is 5.82. The van der Waals surface area contributed by atoms with Crippen molar-refractivity contribution in [2.75, 3.05) is 7.11 Å². The van der Waals surface area contributed by atoms with Crippen molar-refractivity contribution in [2.45, 2.75) is 13.1 Å². The molecule has 3 nitrogen and oxygen atoms in total. The molecule has 1 aromatic heterocycles. The first-order valence-corrected chi connectivity index (χ1v) is 6.99. The average molecular weight is 342 g/mol. The van der Waals surface area contributed by atoms with E-state index in [9.17, 15) is 0 Å². The third-order valence-corrected chi connectivity index (χ3v) is 3.52. The number of nitrogens with one attached hydrogen (secondary N) is 1. The summed E-state index contributed by atoms with van der Waals surface area (Å²) >= 11 is 9.58. The van der Waals surface area contributed by atoms with E-state index in [1.807, 2.05) is 30.3 Å². The normalized spacial score (nSPS) is 10.5. The number of rotatable bonds is 5. The number of aromatic nitrogens is 1. The van der Waals surface area contributed by atoms with E-state index in [1.54, 1.807) is 13.3 Å². The molecule has 0 unspecified atom stereocenters. The predicted molar refractivity (Wildman–Crippen MR) is 80.5 cm³/mol. The summed E-state index contributed by atoms with van der Waals surface area (Å²) in [5.41, 5.74) is 2.19. The lowest BCUT2D eigenvalue weighted by Crippen LogP contribution is -2.13. The summed E-state index contributed by atoms with van der Waals surface area (Å²) in [7, 11) is 1.61. The van der Waals surface area contributed by atoms with Crippen LogP contribution in [0.5, 0.6) is 5.88 Å². The summed E-state index contributed by atoms with van der Waals surface area (Å²) in [5.74, 6) is 0.625. The van der Waals surface area contributed by atoms with Gasteiger partial charge in [-0.05, 0) is 35.4 Å². The molecule has 0 amide bonds. The van der Waals surface area contributed by atoms with E-state index < -0.39 is 0 Å². The van der Waals surface area contributed by atoms with E-state index >= 15 is 0 Å². The second-order valence-corrected chi connectivity index (χ2v) is 5.37. The molecule has 0 aliphatic rings. The van der Waals surface area contributed by atoms with Crippen molar-refractivity contribution in [2.24, 2.45) is 0 Å². The van der Waals surface area contributed by atoms with Crippen LogP contribution in [0.2, 0.25) is 5.02 Å². The van der Waals surface area contributed by atoms with Gasteiger partial charge in [0.1, 0.15) is 0 Å². The van der Waals surface area contributed by atoms with E-state index in [0.717, 1.165) is 27.2 Å². The lowest BCUT2D eigenvalue weighted by molar-refractivity contribution is 0.397. The van der Waals surface area contributed by atoms with Crippen molar-refractivity contribution in [1.29, 1.82) is 0 Å². The summed E-state index contributed by atoms with van der Waals surface area (Å²) in [6.07, 6.45) is 1.74. The highest BCUT2D eigenvalue weighted by Crippen LogP contribution is 2.20. The van der Waals surface area contributed by atoms with Crippen LogP contribution >= 0.6 is 27.5 Å². The minimum atomic E-state index is 0.625. The Balaban J connectivity index is 1.94. The molecule has 1 N–H and O–H groups in total. The Kier molecular flexibility index (Phi) is 5.19. The number of methoxy groups -OCH3 is 1. The number of ether oxygens (including phenoxy) is 1. The molecular weight excluding hydrogens is 328 g/mol. The Morgan fingerprint density at radius 1 is 1.26 bits per heavy atom. The Morgan fingerprint density at radius 2 is 2.11 bits per heavy atom. The molecule has 0 atom stereocenters. The van der Waals surface area contributed by atoms with E-state index in [0.29, 0.717) is 12.4 Å². The monoisotopic (exact) mass is 340 g/mol. The minimum Gasteiger partial charge on any atom is -0.481 e. The highest BCUT2D eigenvalue weighted by atomic mass is 79.9. The van der Waals surface area contributed by atoms with Crippen LogP contribution in [0, 0.1) is 0 Å². The largest absolute Gasteiger partial charge is 0.481 e. The van der Waals surface area contributed by atoms with E-state index in [1.165, 1.54) is 0 Å². The zero-order chi connectivity index (χ0) is 13.7. The van der Waals surface area contributed by atoms with E-state index in [4.69, 9.17) is 16.3 Å². The molecule has 0 radical (unpaired) electrons. The van der Waals surface area contributed by atoms with Crippen LogP contribution in [-0.4, -0.2) is 12.1 Å². The molecular formula is C14H14BrClN2O. The second kappa shape index (κ2) is 6.89.